The van der Waals surface area contributed by atoms with E-state index in [1.165, 1.54) is 0 Å². The lowest BCUT2D eigenvalue weighted by molar-refractivity contribution is 0.0200. The Bertz CT molecular complexity index is 464. The van der Waals surface area contributed by atoms with Crippen molar-refractivity contribution >= 4 is 5.78 Å². The molecule has 104 valence electrons. The minimum absolute atomic E-state index is 0.137. The molecule has 0 bridgehead atoms. The lowest BCUT2D eigenvalue weighted by Gasteiger charge is -2.35. The smallest absolute Gasteiger partial charge is 0.170 e. The monoisotopic (exact) mass is 263 g/mol. The van der Waals surface area contributed by atoms with Crippen LogP contribution in [0.3, 0.4) is 0 Å². The van der Waals surface area contributed by atoms with Crippen molar-refractivity contribution in [2.45, 2.75) is 19.8 Å². The van der Waals surface area contributed by atoms with Crippen molar-refractivity contribution in [3.8, 4) is 5.75 Å². The van der Waals surface area contributed by atoms with Crippen LogP contribution in [0.4, 0.5) is 0 Å². The number of aryl methyl sites for hydroxylation is 1. The highest BCUT2D eigenvalue weighted by Crippen LogP contribution is 2.34. The maximum atomic E-state index is 12.8. The van der Waals surface area contributed by atoms with Gasteiger partial charge in [0.1, 0.15) is 5.75 Å². The number of ether oxygens (including phenoxy) is 2. The lowest BCUT2D eigenvalue weighted by Crippen LogP contribution is -2.43. The number of hydrogen-bond acceptors (Lipinski definition) is 4. The maximum absolute atomic E-state index is 12.8. The Balaban J connectivity index is 2.32. The molecule has 0 aromatic heterocycles. The largest absolute Gasteiger partial charge is 0.497 e. The molecule has 1 saturated heterocycles. The molecule has 4 nitrogen and oxygen atoms in total. The summed E-state index contributed by atoms with van der Waals surface area (Å²) >= 11 is 0. The molecular weight excluding hydrogens is 242 g/mol. The van der Waals surface area contributed by atoms with Gasteiger partial charge in [0, 0.05) is 25.3 Å². The summed E-state index contributed by atoms with van der Waals surface area (Å²) in [7, 11) is 1.62. The molecule has 0 atom stereocenters. The number of carbonyl (C=O) groups excluding carboxylic acids is 1. The second-order valence-electron chi connectivity index (χ2n) is 5.11. The van der Waals surface area contributed by atoms with Gasteiger partial charge >= 0.3 is 0 Å². The van der Waals surface area contributed by atoms with Gasteiger partial charge in [0.2, 0.25) is 0 Å². The highest BCUT2D eigenvalue weighted by molar-refractivity contribution is 6.02. The zero-order valence-electron chi connectivity index (χ0n) is 11.6. The number of hydrogen-bond donors (Lipinski definition) is 1. The number of Topliss-reactive ketones (excluding diaryl/α,β-unsaturated/α-hetero) is 1. The number of carbonyl (C=O) groups is 1. The summed E-state index contributed by atoms with van der Waals surface area (Å²) in [6, 6.07) is 5.55. The Kier molecular flexibility index (Phi) is 4.22. The standard InChI is InChI=1S/C15H21NO3/c1-11-9-12(18-2)3-4-13(11)14(17)15(10-16)5-7-19-8-6-15/h3-4,9H,5-8,10,16H2,1-2H3. The highest BCUT2D eigenvalue weighted by atomic mass is 16.5. The zero-order valence-corrected chi connectivity index (χ0v) is 11.6. The highest BCUT2D eigenvalue weighted by Gasteiger charge is 2.39. The molecule has 1 fully saturated rings. The summed E-state index contributed by atoms with van der Waals surface area (Å²) in [5.74, 6) is 0.904. The molecule has 0 amide bonds. The van der Waals surface area contributed by atoms with Gasteiger partial charge in [-0.15, -0.1) is 0 Å². The quantitative estimate of drug-likeness (QED) is 0.843. The average molecular weight is 263 g/mol. The van der Waals surface area contributed by atoms with Gasteiger partial charge in [-0.3, -0.25) is 4.79 Å². The minimum atomic E-state index is -0.461. The number of rotatable bonds is 4. The first-order chi connectivity index (χ1) is 9.13. The van der Waals surface area contributed by atoms with Crippen molar-refractivity contribution in [3.05, 3.63) is 29.3 Å². The third kappa shape index (κ3) is 2.65. The number of nitrogens with two attached hydrogens (primary N) is 1. The first kappa shape index (κ1) is 14.0. The normalized spacial score (nSPS) is 18.1. The van der Waals surface area contributed by atoms with E-state index in [9.17, 15) is 4.79 Å². The fraction of sp³-hybridized carbons (Fsp3) is 0.533. The van der Waals surface area contributed by atoms with Crippen molar-refractivity contribution in [1.29, 1.82) is 0 Å². The molecule has 1 aromatic rings. The van der Waals surface area contributed by atoms with E-state index in [0.29, 0.717) is 32.6 Å². The summed E-state index contributed by atoms with van der Waals surface area (Å²) in [5, 5.41) is 0. The van der Waals surface area contributed by atoms with Crippen LogP contribution in [-0.4, -0.2) is 32.7 Å². The van der Waals surface area contributed by atoms with Crippen LogP contribution in [0, 0.1) is 12.3 Å². The van der Waals surface area contributed by atoms with Crippen LogP contribution < -0.4 is 10.5 Å². The van der Waals surface area contributed by atoms with Gasteiger partial charge in [0.25, 0.3) is 0 Å². The van der Waals surface area contributed by atoms with Gasteiger partial charge in [-0.1, -0.05) is 0 Å². The van der Waals surface area contributed by atoms with Gasteiger partial charge in [-0.25, -0.2) is 0 Å². The van der Waals surface area contributed by atoms with Gasteiger partial charge in [-0.05, 0) is 43.5 Å². The molecule has 1 aliphatic rings. The first-order valence-corrected chi connectivity index (χ1v) is 6.60. The van der Waals surface area contributed by atoms with Crippen LogP contribution >= 0.6 is 0 Å². The lowest BCUT2D eigenvalue weighted by atomic mass is 9.73. The molecule has 2 N–H and O–H groups in total. The fourth-order valence-electron chi connectivity index (χ4n) is 2.59. The van der Waals surface area contributed by atoms with Crippen LogP contribution in [0.25, 0.3) is 0 Å². The molecule has 1 aliphatic heterocycles. The van der Waals surface area contributed by atoms with E-state index in [2.05, 4.69) is 0 Å². The summed E-state index contributed by atoms with van der Waals surface area (Å²) in [4.78, 5) is 12.8. The molecule has 4 heteroatoms. The fourth-order valence-corrected chi connectivity index (χ4v) is 2.59. The average Bonchev–Trinajstić information content (AvgIpc) is 2.47. The molecule has 0 radical (unpaired) electrons. The van der Waals surface area contributed by atoms with E-state index in [-0.39, 0.29) is 5.78 Å². The molecule has 0 saturated carbocycles. The topological polar surface area (TPSA) is 61.5 Å². The Morgan fingerprint density at radius 1 is 1.42 bits per heavy atom. The van der Waals surface area contributed by atoms with Crippen LogP contribution in [0.2, 0.25) is 0 Å². The van der Waals surface area contributed by atoms with Crippen molar-refractivity contribution in [3.63, 3.8) is 0 Å². The van der Waals surface area contributed by atoms with Crippen molar-refractivity contribution in [2.75, 3.05) is 26.9 Å². The van der Waals surface area contributed by atoms with E-state index in [4.69, 9.17) is 15.2 Å². The second-order valence-corrected chi connectivity index (χ2v) is 5.11. The molecule has 19 heavy (non-hydrogen) atoms. The van der Waals surface area contributed by atoms with Gasteiger partial charge in [0.15, 0.2) is 5.78 Å². The molecule has 0 aliphatic carbocycles. The summed E-state index contributed by atoms with van der Waals surface area (Å²) < 4.78 is 10.5. The van der Waals surface area contributed by atoms with E-state index >= 15 is 0 Å². The third-order valence-corrected chi connectivity index (χ3v) is 4.00. The van der Waals surface area contributed by atoms with Crippen LogP contribution in [0.5, 0.6) is 5.75 Å². The van der Waals surface area contributed by atoms with Gasteiger partial charge in [-0.2, -0.15) is 0 Å². The van der Waals surface area contributed by atoms with Crippen LogP contribution in [-0.2, 0) is 4.74 Å². The SMILES string of the molecule is COc1ccc(C(=O)C2(CN)CCOCC2)c(C)c1. The molecule has 1 heterocycles. The molecule has 0 unspecified atom stereocenters. The molecular formula is C15H21NO3. The van der Waals surface area contributed by atoms with Crippen molar-refractivity contribution in [2.24, 2.45) is 11.1 Å². The summed E-state index contributed by atoms with van der Waals surface area (Å²) in [6.07, 6.45) is 1.40. The van der Waals surface area contributed by atoms with Crippen LogP contribution in [0.15, 0.2) is 18.2 Å². The minimum Gasteiger partial charge on any atom is -0.497 e. The van der Waals surface area contributed by atoms with E-state index < -0.39 is 5.41 Å². The number of benzene rings is 1. The zero-order chi connectivity index (χ0) is 13.9. The van der Waals surface area contributed by atoms with Gasteiger partial charge < -0.3 is 15.2 Å². The van der Waals surface area contributed by atoms with Crippen molar-refractivity contribution in [1.82, 2.24) is 0 Å². The number of methoxy groups -OCH3 is 1. The van der Waals surface area contributed by atoms with Crippen LogP contribution in [0.1, 0.15) is 28.8 Å². The van der Waals surface area contributed by atoms with Crippen molar-refractivity contribution < 1.29 is 14.3 Å². The van der Waals surface area contributed by atoms with E-state index in [0.717, 1.165) is 16.9 Å². The third-order valence-electron chi connectivity index (χ3n) is 4.00. The molecule has 0 spiro atoms. The summed E-state index contributed by atoms with van der Waals surface area (Å²) in [6.45, 7) is 3.52. The number of ketones is 1. The first-order valence-electron chi connectivity index (χ1n) is 6.60. The maximum Gasteiger partial charge on any atom is 0.170 e. The summed E-state index contributed by atoms with van der Waals surface area (Å²) in [5.41, 5.74) is 7.10. The second kappa shape index (κ2) is 5.72. The van der Waals surface area contributed by atoms with E-state index in [1.807, 2.05) is 25.1 Å². The predicted molar refractivity (Wildman–Crippen MR) is 73.6 cm³/mol. The molecule has 1 aromatic carbocycles. The Morgan fingerprint density at radius 3 is 2.63 bits per heavy atom. The Hall–Kier alpha value is -1.39. The Morgan fingerprint density at radius 2 is 2.11 bits per heavy atom. The predicted octanol–water partition coefficient (Wildman–Crippen LogP) is 1.94. The molecule has 2 rings (SSSR count). The van der Waals surface area contributed by atoms with E-state index in [1.54, 1.807) is 7.11 Å². The van der Waals surface area contributed by atoms with Gasteiger partial charge in [0.05, 0.1) is 12.5 Å². The Labute approximate surface area is 113 Å².